The number of halogens is 1. The molecule has 0 saturated heterocycles. The summed E-state index contributed by atoms with van der Waals surface area (Å²) in [6.45, 7) is 1.69. The number of fused-ring (bicyclic) bond motifs is 2. The monoisotopic (exact) mass is 519 g/mol. The molecule has 6 aromatic rings. The Morgan fingerprint density at radius 3 is 2.72 bits per heavy atom. The summed E-state index contributed by atoms with van der Waals surface area (Å²) in [5.41, 5.74) is 5.69. The van der Waals surface area contributed by atoms with Gasteiger partial charge in [0.05, 0.1) is 16.6 Å². The Hall–Kier alpha value is -4.57. The van der Waals surface area contributed by atoms with Gasteiger partial charge in [-0.1, -0.05) is 12.8 Å². The minimum atomic E-state index is -0.423. The molecule has 0 spiro atoms. The molecule has 6 aromatic heterocycles. The maximum Gasteiger partial charge on any atom is 0.159 e. The van der Waals surface area contributed by atoms with Crippen LogP contribution in [0.1, 0.15) is 31.2 Å². The first-order valence-corrected chi connectivity index (χ1v) is 13.2. The summed E-state index contributed by atoms with van der Waals surface area (Å²) in [5.74, 6) is 0.752. The molecule has 0 aliphatic heterocycles. The third-order valence-electron chi connectivity index (χ3n) is 7.43. The fraction of sp³-hybridized carbons (Fsp3) is 0.241. The molecule has 0 bridgehead atoms. The van der Waals surface area contributed by atoms with Crippen molar-refractivity contribution in [3.63, 3.8) is 0 Å². The van der Waals surface area contributed by atoms with Gasteiger partial charge in [-0.25, -0.2) is 14.4 Å². The van der Waals surface area contributed by atoms with E-state index in [9.17, 15) is 0 Å². The molecule has 3 N–H and O–H groups in total. The van der Waals surface area contributed by atoms with Crippen molar-refractivity contribution in [3.05, 3.63) is 72.8 Å². The molecule has 39 heavy (non-hydrogen) atoms. The Morgan fingerprint density at radius 1 is 0.949 bits per heavy atom. The molecule has 1 aliphatic rings. The maximum atomic E-state index is 16.1. The van der Waals surface area contributed by atoms with Gasteiger partial charge >= 0.3 is 0 Å². The van der Waals surface area contributed by atoms with Gasteiger partial charge in [-0.15, -0.1) is 0 Å². The highest BCUT2D eigenvalue weighted by atomic mass is 19.1. The quantitative estimate of drug-likeness (QED) is 0.257. The smallest absolute Gasteiger partial charge is 0.159 e. The van der Waals surface area contributed by atoms with Crippen molar-refractivity contribution in [3.8, 4) is 33.9 Å². The van der Waals surface area contributed by atoms with Crippen LogP contribution in [-0.2, 0) is 6.54 Å². The average Bonchev–Trinajstić information content (AvgIpc) is 3.73. The van der Waals surface area contributed by atoms with Crippen LogP contribution in [0.3, 0.4) is 0 Å². The first-order chi connectivity index (χ1) is 19.2. The standard InChI is InChI=1S/C29H26FN9/c30-24-21(20-10-18(13-33-15-20)12-32-11-17-4-1-2-5-17)16-35-28-23(24)27(38-39-28)29-36-22-7-9-34-25(26(22)37-29)19-6-3-8-31-14-19/h3,6-10,13-17,32H,1-2,4-5,11-12H2,(H,36,37)(H,35,38,39). The third kappa shape index (κ3) is 4.42. The topological polar surface area (TPSA) is 121 Å². The maximum absolute atomic E-state index is 16.1. The Kier molecular flexibility index (Phi) is 6.01. The lowest BCUT2D eigenvalue weighted by molar-refractivity contribution is 0.489. The van der Waals surface area contributed by atoms with Gasteiger partial charge < -0.3 is 10.3 Å². The van der Waals surface area contributed by atoms with Crippen LogP contribution < -0.4 is 5.32 Å². The largest absolute Gasteiger partial charge is 0.336 e. The first-order valence-electron chi connectivity index (χ1n) is 13.2. The Bertz CT molecular complexity index is 1770. The summed E-state index contributed by atoms with van der Waals surface area (Å²) < 4.78 is 16.1. The lowest BCUT2D eigenvalue weighted by Crippen LogP contribution is -2.20. The van der Waals surface area contributed by atoms with Gasteiger partial charge in [0.25, 0.3) is 0 Å². The van der Waals surface area contributed by atoms with Crippen molar-refractivity contribution in [1.82, 2.24) is 45.4 Å². The van der Waals surface area contributed by atoms with E-state index in [0.29, 0.717) is 46.0 Å². The van der Waals surface area contributed by atoms with E-state index >= 15 is 4.39 Å². The van der Waals surface area contributed by atoms with Gasteiger partial charge in [-0.3, -0.25) is 20.1 Å². The third-order valence-corrected chi connectivity index (χ3v) is 7.43. The van der Waals surface area contributed by atoms with E-state index in [1.165, 1.54) is 31.9 Å². The number of H-pyrrole nitrogens is 2. The molecule has 0 radical (unpaired) electrons. The highest BCUT2D eigenvalue weighted by Crippen LogP contribution is 2.34. The highest BCUT2D eigenvalue weighted by Gasteiger charge is 2.22. The predicted molar refractivity (Wildman–Crippen MR) is 147 cm³/mol. The van der Waals surface area contributed by atoms with Crippen LogP contribution >= 0.6 is 0 Å². The van der Waals surface area contributed by atoms with E-state index in [1.54, 1.807) is 24.8 Å². The Balaban J connectivity index is 1.24. The molecule has 10 heteroatoms. The predicted octanol–water partition coefficient (Wildman–Crippen LogP) is 5.44. The van der Waals surface area contributed by atoms with Gasteiger partial charge in [0.15, 0.2) is 11.5 Å². The van der Waals surface area contributed by atoms with Crippen molar-refractivity contribution in [1.29, 1.82) is 0 Å². The zero-order chi connectivity index (χ0) is 26.2. The number of nitrogens with one attached hydrogen (secondary N) is 3. The number of nitrogens with zero attached hydrogens (tertiary/aromatic N) is 6. The molecule has 194 valence electrons. The number of imidazole rings is 1. The summed E-state index contributed by atoms with van der Waals surface area (Å²) in [4.78, 5) is 25.6. The molecular weight excluding hydrogens is 493 g/mol. The number of aromatic amines is 2. The van der Waals surface area contributed by atoms with E-state index in [4.69, 9.17) is 4.98 Å². The van der Waals surface area contributed by atoms with Crippen LogP contribution in [0.2, 0.25) is 0 Å². The first kappa shape index (κ1) is 23.5. The highest BCUT2D eigenvalue weighted by molar-refractivity contribution is 5.96. The van der Waals surface area contributed by atoms with E-state index < -0.39 is 5.82 Å². The van der Waals surface area contributed by atoms with E-state index in [-0.39, 0.29) is 5.39 Å². The molecule has 0 aromatic carbocycles. The van der Waals surface area contributed by atoms with Gasteiger partial charge in [-0.05, 0) is 55.1 Å². The van der Waals surface area contributed by atoms with Gasteiger partial charge in [0, 0.05) is 60.4 Å². The van der Waals surface area contributed by atoms with Crippen LogP contribution in [0, 0.1) is 11.7 Å². The normalized spacial score (nSPS) is 14.1. The fourth-order valence-electron chi connectivity index (χ4n) is 5.46. The Labute approximate surface area is 223 Å². The zero-order valence-corrected chi connectivity index (χ0v) is 21.2. The Morgan fingerprint density at radius 2 is 1.85 bits per heavy atom. The molecule has 9 nitrogen and oxygen atoms in total. The molecule has 0 amide bonds. The van der Waals surface area contributed by atoms with Crippen molar-refractivity contribution in [2.45, 2.75) is 32.2 Å². The second-order valence-corrected chi connectivity index (χ2v) is 10.0. The lowest BCUT2D eigenvalue weighted by Gasteiger charge is -2.11. The van der Waals surface area contributed by atoms with Crippen molar-refractivity contribution in [2.75, 3.05) is 6.54 Å². The van der Waals surface area contributed by atoms with Crippen LogP contribution in [-0.4, -0.2) is 46.6 Å². The molecule has 6 heterocycles. The van der Waals surface area contributed by atoms with Crippen LogP contribution in [0.5, 0.6) is 0 Å². The molecule has 1 aliphatic carbocycles. The summed E-state index contributed by atoms with van der Waals surface area (Å²) in [7, 11) is 0. The van der Waals surface area contributed by atoms with Gasteiger partial charge in [0.2, 0.25) is 0 Å². The minimum Gasteiger partial charge on any atom is -0.336 e. The van der Waals surface area contributed by atoms with Crippen molar-refractivity contribution in [2.24, 2.45) is 5.92 Å². The SMILES string of the molecule is Fc1c(-c2cncc(CNCC3CCCC3)c2)cnc2[nH]nc(-c3nc4c(-c5cccnc5)nccc4[nH]3)c12. The number of rotatable bonds is 7. The van der Waals surface area contributed by atoms with Gasteiger partial charge in [0.1, 0.15) is 17.0 Å². The van der Waals surface area contributed by atoms with Crippen molar-refractivity contribution < 1.29 is 4.39 Å². The number of hydrogen-bond donors (Lipinski definition) is 3. The van der Waals surface area contributed by atoms with E-state index in [2.05, 4.69) is 40.4 Å². The fourth-order valence-corrected chi connectivity index (χ4v) is 5.46. The molecule has 0 unspecified atom stereocenters. The molecule has 1 saturated carbocycles. The summed E-state index contributed by atoms with van der Waals surface area (Å²) >= 11 is 0. The zero-order valence-electron chi connectivity index (χ0n) is 21.2. The summed E-state index contributed by atoms with van der Waals surface area (Å²) in [5, 5.41) is 11.0. The summed E-state index contributed by atoms with van der Waals surface area (Å²) in [6, 6.07) is 7.57. The molecular formula is C29H26FN9. The number of hydrogen-bond acceptors (Lipinski definition) is 7. The molecule has 7 rings (SSSR count). The van der Waals surface area contributed by atoms with Crippen LogP contribution in [0.15, 0.2) is 61.4 Å². The van der Waals surface area contributed by atoms with E-state index in [1.807, 2.05) is 30.5 Å². The van der Waals surface area contributed by atoms with Crippen LogP contribution in [0.4, 0.5) is 4.39 Å². The number of pyridine rings is 4. The average molecular weight is 520 g/mol. The second-order valence-electron chi connectivity index (χ2n) is 10.0. The lowest BCUT2D eigenvalue weighted by atomic mass is 10.0. The molecule has 1 fully saturated rings. The number of aromatic nitrogens is 8. The summed E-state index contributed by atoms with van der Waals surface area (Å²) in [6.07, 6.45) is 15.4. The molecule has 0 atom stereocenters. The minimum absolute atomic E-state index is 0.271. The van der Waals surface area contributed by atoms with E-state index in [0.717, 1.165) is 29.1 Å². The van der Waals surface area contributed by atoms with Crippen LogP contribution in [0.25, 0.3) is 56.0 Å². The van der Waals surface area contributed by atoms with Gasteiger partial charge in [-0.2, -0.15) is 5.10 Å². The second kappa shape index (κ2) is 9.95. The van der Waals surface area contributed by atoms with Crippen molar-refractivity contribution >= 4 is 22.1 Å².